The van der Waals surface area contributed by atoms with Crippen molar-refractivity contribution in [3.05, 3.63) is 90.5 Å². The molecule has 1 saturated heterocycles. The summed E-state index contributed by atoms with van der Waals surface area (Å²) in [5.41, 5.74) is 0.301. The Morgan fingerprint density at radius 1 is 0.821 bits per heavy atom. The molecule has 0 spiro atoms. The Morgan fingerprint density at radius 3 is 2.00 bits per heavy atom. The number of ether oxygens (including phenoxy) is 4. The van der Waals surface area contributed by atoms with Crippen LogP contribution in [0.5, 0.6) is 0 Å². The van der Waals surface area contributed by atoms with Crippen LogP contribution < -0.4 is 0 Å². The monoisotopic (exact) mass is 546 g/mol. The number of aliphatic hydroxyl groups excluding tert-OH is 1. The molecule has 0 amide bonds. The molecule has 4 aromatic carbocycles. The summed E-state index contributed by atoms with van der Waals surface area (Å²) in [5, 5.41) is 15.6. The topological polar surface area (TPSA) is 91.3 Å². The lowest BCUT2D eigenvalue weighted by molar-refractivity contribution is -0.231. The summed E-state index contributed by atoms with van der Waals surface area (Å²) in [6.07, 6.45) is -4.23. The van der Waals surface area contributed by atoms with Crippen LogP contribution in [-0.2, 0) is 35.1 Å². The molecule has 5 atom stereocenters. The maximum atomic E-state index is 12.0. The van der Waals surface area contributed by atoms with Crippen molar-refractivity contribution >= 4 is 45.2 Å². The molecule has 5 rings (SSSR count). The molecule has 1 aliphatic rings. The first-order chi connectivity index (χ1) is 18.9. The van der Waals surface area contributed by atoms with Crippen molar-refractivity contribution in [3.63, 3.8) is 0 Å². The molecule has 4 aromatic rings. The number of rotatable bonds is 8. The highest BCUT2D eigenvalue weighted by Gasteiger charge is 2.49. The van der Waals surface area contributed by atoms with Crippen LogP contribution in [0.2, 0.25) is 0 Å². The number of hydrogen-bond acceptors (Lipinski definition) is 8. The first-order valence-corrected chi connectivity index (χ1v) is 13.7. The van der Waals surface area contributed by atoms with Gasteiger partial charge < -0.3 is 24.1 Å². The summed E-state index contributed by atoms with van der Waals surface area (Å²) in [6, 6.07) is 27.9. The van der Waals surface area contributed by atoms with Gasteiger partial charge in [-0.1, -0.05) is 78.5 Å². The van der Waals surface area contributed by atoms with Crippen LogP contribution in [0.3, 0.4) is 0 Å². The highest BCUT2D eigenvalue weighted by molar-refractivity contribution is 7.99. The SMILES string of the molecule is CC(=O)O[C@@H]1[C@@H](OC(C)=O)[C@@H](O)[C@@H](COCc2c3ccccc3cc3ccccc23)O[C@H]1Sc1ccccc1. The van der Waals surface area contributed by atoms with E-state index >= 15 is 0 Å². The normalized spacial score (nSPS) is 23.0. The fourth-order valence-corrected chi connectivity index (χ4v) is 6.07. The third-order valence-corrected chi connectivity index (χ3v) is 7.79. The van der Waals surface area contributed by atoms with E-state index in [-0.39, 0.29) is 13.2 Å². The maximum absolute atomic E-state index is 12.0. The first kappa shape index (κ1) is 27.1. The Morgan fingerprint density at radius 2 is 1.38 bits per heavy atom. The lowest BCUT2D eigenvalue weighted by Gasteiger charge is -2.43. The molecule has 1 fully saturated rings. The van der Waals surface area contributed by atoms with Gasteiger partial charge in [0.15, 0.2) is 12.2 Å². The Hall–Kier alpha value is -3.43. The van der Waals surface area contributed by atoms with Gasteiger partial charge in [0, 0.05) is 18.7 Å². The van der Waals surface area contributed by atoms with Gasteiger partial charge in [0.05, 0.1) is 13.2 Å². The van der Waals surface area contributed by atoms with Gasteiger partial charge in [-0.2, -0.15) is 0 Å². The van der Waals surface area contributed by atoms with Gasteiger partial charge in [0.25, 0.3) is 0 Å². The quantitative estimate of drug-likeness (QED) is 0.237. The van der Waals surface area contributed by atoms with Crippen molar-refractivity contribution in [2.24, 2.45) is 0 Å². The number of benzene rings is 4. The van der Waals surface area contributed by atoms with E-state index in [1.807, 2.05) is 54.6 Å². The number of thioether (sulfide) groups is 1. The highest BCUT2D eigenvalue weighted by atomic mass is 32.2. The van der Waals surface area contributed by atoms with Crippen LogP contribution in [0.15, 0.2) is 89.8 Å². The molecule has 0 radical (unpaired) electrons. The number of fused-ring (bicyclic) bond motifs is 2. The summed E-state index contributed by atoms with van der Waals surface area (Å²) in [7, 11) is 0. The van der Waals surface area contributed by atoms with Crippen LogP contribution in [0.25, 0.3) is 21.5 Å². The minimum Gasteiger partial charge on any atom is -0.456 e. The molecule has 8 heteroatoms. The van der Waals surface area contributed by atoms with Crippen LogP contribution in [0, 0.1) is 0 Å². The number of carbonyl (C=O) groups is 2. The van der Waals surface area contributed by atoms with Gasteiger partial charge >= 0.3 is 11.9 Å². The summed E-state index contributed by atoms with van der Waals surface area (Å²) < 4.78 is 23.4. The van der Waals surface area contributed by atoms with Gasteiger partial charge in [-0.05, 0) is 45.3 Å². The van der Waals surface area contributed by atoms with E-state index in [0.29, 0.717) is 0 Å². The van der Waals surface area contributed by atoms with E-state index in [9.17, 15) is 14.7 Å². The molecule has 202 valence electrons. The summed E-state index contributed by atoms with van der Waals surface area (Å²) in [5.74, 6) is -1.16. The van der Waals surface area contributed by atoms with E-state index in [4.69, 9.17) is 18.9 Å². The second-order valence-electron chi connectivity index (χ2n) is 9.43. The van der Waals surface area contributed by atoms with Gasteiger partial charge in [0.1, 0.15) is 17.6 Å². The Balaban J connectivity index is 1.40. The van der Waals surface area contributed by atoms with E-state index in [1.165, 1.54) is 25.6 Å². The second-order valence-corrected chi connectivity index (χ2v) is 10.6. The number of esters is 2. The van der Waals surface area contributed by atoms with Crippen molar-refractivity contribution < 1.29 is 33.6 Å². The molecule has 0 aliphatic carbocycles. The Kier molecular flexibility index (Phi) is 8.47. The molecule has 1 N–H and O–H groups in total. The first-order valence-electron chi connectivity index (χ1n) is 12.8. The fourth-order valence-electron chi connectivity index (χ4n) is 4.94. The molecule has 39 heavy (non-hydrogen) atoms. The predicted molar refractivity (Wildman–Crippen MR) is 149 cm³/mol. The van der Waals surface area contributed by atoms with Crippen LogP contribution in [0.4, 0.5) is 0 Å². The van der Waals surface area contributed by atoms with Gasteiger partial charge in [-0.25, -0.2) is 0 Å². The minimum atomic E-state index is -1.27. The Bertz CT molecular complexity index is 1400. The zero-order valence-electron chi connectivity index (χ0n) is 21.7. The molecule has 1 heterocycles. The van der Waals surface area contributed by atoms with Crippen LogP contribution in [0.1, 0.15) is 19.4 Å². The third kappa shape index (κ3) is 6.25. The van der Waals surface area contributed by atoms with Crippen molar-refractivity contribution in [1.29, 1.82) is 0 Å². The van der Waals surface area contributed by atoms with Gasteiger partial charge in [-0.3, -0.25) is 9.59 Å². The van der Waals surface area contributed by atoms with Crippen LogP contribution >= 0.6 is 11.8 Å². The second kappa shape index (κ2) is 12.2. The standard InChI is InChI=1S/C31H30O7S/c1-19(32)36-29-28(34)27(38-31(30(29)37-20(2)33)39-23-12-4-3-5-13-23)18-35-17-26-24-14-8-6-10-21(24)16-22-11-7-9-15-25(22)26/h3-16,27-31,34H,17-18H2,1-2H3/t27-,28+,29+,30-,31+/m1/s1. The third-order valence-electron chi connectivity index (χ3n) is 6.63. The molecule has 1 aliphatic heterocycles. The molecular weight excluding hydrogens is 516 g/mol. The van der Waals surface area contributed by atoms with Crippen molar-refractivity contribution in [2.45, 2.75) is 55.2 Å². The molecule has 0 bridgehead atoms. The largest absolute Gasteiger partial charge is 0.456 e. The van der Waals surface area contributed by atoms with Crippen molar-refractivity contribution in [2.75, 3.05) is 6.61 Å². The van der Waals surface area contributed by atoms with E-state index < -0.39 is 41.8 Å². The van der Waals surface area contributed by atoms with Crippen LogP contribution in [-0.4, -0.2) is 53.5 Å². The molecule has 0 unspecified atom stereocenters. The highest BCUT2D eigenvalue weighted by Crippen LogP contribution is 2.37. The number of aliphatic hydroxyl groups is 1. The lowest BCUT2D eigenvalue weighted by atomic mass is 9.97. The van der Waals surface area contributed by atoms with Crippen molar-refractivity contribution in [3.8, 4) is 0 Å². The van der Waals surface area contributed by atoms with Crippen molar-refractivity contribution in [1.82, 2.24) is 0 Å². The fraction of sp³-hybridized carbons (Fsp3) is 0.290. The maximum Gasteiger partial charge on any atom is 0.303 e. The summed E-state index contributed by atoms with van der Waals surface area (Å²) in [4.78, 5) is 24.8. The predicted octanol–water partition coefficient (Wildman–Crippen LogP) is 5.25. The zero-order valence-corrected chi connectivity index (χ0v) is 22.5. The Labute approximate surface area is 231 Å². The van der Waals surface area contributed by atoms with E-state index in [1.54, 1.807) is 0 Å². The number of hydrogen-bond donors (Lipinski definition) is 1. The smallest absolute Gasteiger partial charge is 0.303 e. The van der Waals surface area contributed by atoms with Gasteiger partial charge in [-0.15, -0.1) is 0 Å². The number of carbonyl (C=O) groups excluding carboxylic acids is 2. The lowest BCUT2D eigenvalue weighted by Crippen LogP contribution is -2.60. The summed E-state index contributed by atoms with van der Waals surface area (Å²) in [6.45, 7) is 2.85. The molecule has 7 nitrogen and oxygen atoms in total. The van der Waals surface area contributed by atoms with E-state index in [2.05, 4.69) is 30.3 Å². The molecular formula is C31H30O7S. The minimum absolute atomic E-state index is 0.0368. The average molecular weight is 547 g/mol. The average Bonchev–Trinajstić information content (AvgIpc) is 2.92. The zero-order chi connectivity index (χ0) is 27.4. The molecule has 0 aromatic heterocycles. The van der Waals surface area contributed by atoms with Gasteiger partial charge in [0.2, 0.25) is 0 Å². The molecule has 0 saturated carbocycles. The summed E-state index contributed by atoms with van der Waals surface area (Å²) >= 11 is 1.33. The van der Waals surface area contributed by atoms with E-state index in [0.717, 1.165) is 32.0 Å².